The fraction of sp³-hybridized carbons (Fsp3) is 0.250. The normalized spacial score (nSPS) is 15.4. The lowest BCUT2D eigenvalue weighted by molar-refractivity contribution is 0.402. The van der Waals surface area contributed by atoms with Crippen molar-refractivity contribution >= 4 is 21.4 Å². The Morgan fingerprint density at radius 2 is 1.92 bits per heavy atom. The molecule has 8 heteroatoms. The fourth-order valence-electron chi connectivity index (χ4n) is 2.66. The first kappa shape index (κ1) is 15.1. The highest BCUT2D eigenvalue weighted by Gasteiger charge is 2.25. The molecule has 1 N–H and O–H groups in total. The van der Waals surface area contributed by atoms with Gasteiger partial charge in [0, 0.05) is 12.1 Å². The summed E-state index contributed by atoms with van der Waals surface area (Å²) in [6.45, 7) is 0. The Hall–Kier alpha value is -2.48. The molecule has 1 fully saturated rings. The minimum atomic E-state index is -3.82. The fourth-order valence-corrected chi connectivity index (χ4v) is 3.72. The molecule has 3 aromatic rings. The van der Waals surface area contributed by atoms with Crippen molar-refractivity contribution in [3.63, 3.8) is 0 Å². The summed E-state index contributed by atoms with van der Waals surface area (Å²) in [7, 11) is -3.82. The van der Waals surface area contributed by atoms with Crippen LogP contribution in [0.4, 0.5) is 10.1 Å². The summed E-state index contributed by atoms with van der Waals surface area (Å²) in [5.41, 5.74) is 0.810. The number of aromatic nitrogens is 3. The summed E-state index contributed by atoms with van der Waals surface area (Å²) < 4.78 is 42.0. The number of hydrogen-bond acceptors (Lipinski definition) is 4. The summed E-state index contributed by atoms with van der Waals surface area (Å²) in [5.74, 6) is 0.611. The van der Waals surface area contributed by atoms with Crippen LogP contribution in [0, 0.1) is 5.82 Å². The standard InChI is InChI=1S/C16H15FN4O2S/c17-12-6-8-13(9-7-12)24(22,23)20-14-5-2-10-21-16(14)18-15(19-21)11-3-1-4-11/h2,5-11,20H,1,3-4H2. The van der Waals surface area contributed by atoms with E-state index in [9.17, 15) is 12.8 Å². The average Bonchev–Trinajstić information content (AvgIpc) is 2.90. The number of rotatable bonds is 4. The highest BCUT2D eigenvalue weighted by Crippen LogP contribution is 2.35. The molecule has 0 bridgehead atoms. The van der Waals surface area contributed by atoms with Crippen molar-refractivity contribution in [3.8, 4) is 0 Å². The Kier molecular flexibility index (Phi) is 3.49. The number of pyridine rings is 1. The number of anilines is 1. The maximum absolute atomic E-state index is 13.0. The maximum Gasteiger partial charge on any atom is 0.262 e. The Morgan fingerprint density at radius 3 is 2.58 bits per heavy atom. The molecule has 0 amide bonds. The number of hydrogen-bond donors (Lipinski definition) is 1. The number of benzene rings is 1. The molecular formula is C16H15FN4O2S. The smallest absolute Gasteiger partial charge is 0.262 e. The van der Waals surface area contributed by atoms with E-state index in [2.05, 4.69) is 14.8 Å². The van der Waals surface area contributed by atoms with Gasteiger partial charge in [-0.15, -0.1) is 0 Å². The molecule has 124 valence electrons. The molecule has 24 heavy (non-hydrogen) atoms. The van der Waals surface area contributed by atoms with E-state index in [1.54, 1.807) is 22.8 Å². The molecular weight excluding hydrogens is 331 g/mol. The predicted octanol–water partition coefficient (Wildman–Crippen LogP) is 2.94. The number of nitrogens with one attached hydrogen (secondary N) is 1. The van der Waals surface area contributed by atoms with Crippen LogP contribution in [0.3, 0.4) is 0 Å². The average molecular weight is 346 g/mol. The van der Waals surface area contributed by atoms with Crippen molar-refractivity contribution in [3.05, 3.63) is 54.2 Å². The van der Waals surface area contributed by atoms with Gasteiger partial charge in [0.05, 0.1) is 10.6 Å². The topological polar surface area (TPSA) is 76.4 Å². The van der Waals surface area contributed by atoms with Crippen LogP contribution in [0.25, 0.3) is 5.65 Å². The van der Waals surface area contributed by atoms with Gasteiger partial charge in [0.25, 0.3) is 10.0 Å². The molecule has 0 unspecified atom stereocenters. The molecule has 2 heterocycles. The number of fused-ring (bicyclic) bond motifs is 1. The van der Waals surface area contributed by atoms with Gasteiger partial charge in [-0.3, -0.25) is 4.72 Å². The quantitative estimate of drug-likeness (QED) is 0.788. The lowest BCUT2D eigenvalue weighted by Gasteiger charge is -2.21. The molecule has 2 aromatic heterocycles. The zero-order valence-corrected chi connectivity index (χ0v) is 13.5. The van der Waals surface area contributed by atoms with Crippen LogP contribution in [0.1, 0.15) is 31.0 Å². The van der Waals surface area contributed by atoms with Crippen LogP contribution in [-0.2, 0) is 10.0 Å². The molecule has 1 saturated carbocycles. The van der Waals surface area contributed by atoms with Gasteiger partial charge in [0.15, 0.2) is 11.5 Å². The zero-order chi connectivity index (χ0) is 16.7. The second-order valence-electron chi connectivity index (χ2n) is 5.85. The minimum absolute atomic E-state index is 0.00960. The van der Waals surface area contributed by atoms with Gasteiger partial charge in [-0.2, -0.15) is 5.10 Å². The van der Waals surface area contributed by atoms with E-state index in [1.807, 2.05) is 0 Å². The largest absolute Gasteiger partial charge is 0.276 e. The maximum atomic E-state index is 13.0. The van der Waals surface area contributed by atoms with Gasteiger partial charge in [-0.1, -0.05) is 6.42 Å². The van der Waals surface area contributed by atoms with Crippen molar-refractivity contribution in [2.45, 2.75) is 30.1 Å². The van der Waals surface area contributed by atoms with Crippen LogP contribution in [0.5, 0.6) is 0 Å². The summed E-state index contributed by atoms with van der Waals surface area (Å²) in [4.78, 5) is 4.48. The van der Waals surface area contributed by atoms with Crippen LogP contribution >= 0.6 is 0 Å². The zero-order valence-electron chi connectivity index (χ0n) is 12.7. The Morgan fingerprint density at radius 1 is 1.17 bits per heavy atom. The van der Waals surface area contributed by atoms with Gasteiger partial charge in [0.1, 0.15) is 5.82 Å². The van der Waals surface area contributed by atoms with Crippen LogP contribution in [0.15, 0.2) is 47.5 Å². The Labute approximate surface area is 138 Å². The molecule has 1 aliphatic carbocycles. The highest BCUT2D eigenvalue weighted by molar-refractivity contribution is 7.92. The first-order chi connectivity index (χ1) is 11.5. The third-order valence-corrected chi connectivity index (χ3v) is 5.60. The number of nitrogens with zero attached hydrogens (tertiary/aromatic N) is 3. The predicted molar refractivity (Wildman–Crippen MR) is 86.8 cm³/mol. The Balaban J connectivity index is 1.70. The molecule has 0 radical (unpaired) electrons. The van der Waals surface area contributed by atoms with E-state index in [4.69, 9.17) is 0 Å². The molecule has 0 spiro atoms. The van der Waals surface area contributed by atoms with Crippen LogP contribution in [0.2, 0.25) is 0 Å². The molecule has 0 atom stereocenters. The van der Waals surface area contributed by atoms with E-state index in [0.29, 0.717) is 17.3 Å². The summed E-state index contributed by atoms with van der Waals surface area (Å²) in [6.07, 6.45) is 5.03. The molecule has 6 nitrogen and oxygen atoms in total. The summed E-state index contributed by atoms with van der Waals surface area (Å²) in [6, 6.07) is 8.01. The first-order valence-electron chi connectivity index (χ1n) is 7.67. The van der Waals surface area contributed by atoms with Crippen molar-refractivity contribution < 1.29 is 12.8 Å². The van der Waals surface area contributed by atoms with Gasteiger partial charge in [0.2, 0.25) is 0 Å². The molecule has 1 aromatic carbocycles. The minimum Gasteiger partial charge on any atom is -0.276 e. The monoisotopic (exact) mass is 346 g/mol. The van der Waals surface area contributed by atoms with Crippen molar-refractivity contribution in [2.24, 2.45) is 0 Å². The van der Waals surface area contributed by atoms with Gasteiger partial charge in [-0.05, 0) is 49.2 Å². The SMILES string of the molecule is O=S(=O)(Nc1cccn2nc(C3CCC3)nc12)c1ccc(F)cc1. The van der Waals surface area contributed by atoms with Gasteiger partial charge in [-0.25, -0.2) is 22.3 Å². The van der Waals surface area contributed by atoms with E-state index in [0.717, 1.165) is 30.8 Å². The third-order valence-electron chi connectivity index (χ3n) is 4.22. The van der Waals surface area contributed by atoms with Gasteiger partial charge >= 0.3 is 0 Å². The number of sulfonamides is 1. The summed E-state index contributed by atoms with van der Waals surface area (Å²) >= 11 is 0. The second-order valence-corrected chi connectivity index (χ2v) is 7.53. The molecule has 0 aliphatic heterocycles. The van der Waals surface area contributed by atoms with E-state index < -0.39 is 15.8 Å². The lowest BCUT2D eigenvalue weighted by atomic mass is 9.85. The van der Waals surface area contributed by atoms with Crippen LogP contribution < -0.4 is 4.72 Å². The summed E-state index contributed by atoms with van der Waals surface area (Å²) in [5, 5.41) is 4.43. The van der Waals surface area contributed by atoms with E-state index >= 15 is 0 Å². The Bertz CT molecular complexity index is 995. The van der Waals surface area contributed by atoms with Gasteiger partial charge < -0.3 is 0 Å². The third kappa shape index (κ3) is 2.62. The first-order valence-corrected chi connectivity index (χ1v) is 9.15. The molecule has 4 rings (SSSR count). The lowest BCUT2D eigenvalue weighted by Crippen LogP contribution is -2.13. The van der Waals surface area contributed by atoms with Crippen molar-refractivity contribution in [2.75, 3.05) is 4.72 Å². The molecule has 0 saturated heterocycles. The van der Waals surface area contributed by atoms with Crippen molar-refractivity contribution in [1.29, 1.82) is 0 Å². The second kappa shape index (κ2) is 5.55. The number of halogens is 1. The van der Waals surface area contributed by atoms with Crippen LogP contribution in [-0.4, -0.2) is 23.0 Å². The highest BCUT2D eigenvalue weighted by atomic mass is 32.2. The van der Waals surface area contributed by atoms with E-state index in [1.165, 1.54) is 18.6 Å². The van der Waals surface area contributed by atoms with E-state index in [-0.39, 0.29) is 4.90 Å². The van der Waals surface area contributed by atoms with Crippen molar-refractivity contribution in [1.82, 2.24) is 14.6 Å². The molecule has 1 aliphatic rings.